The number of pyridine rings is 1. The number of esters is 1. The Balaban J connectivity index is 2.47. The van der Waals surface area contributed by atoms with E-state index in [0.717, 1.165) is 18.5 Å². The molecule has 0 N–H and O–H groups in total. The summed E-state index contributed by atoms with van der Waals surface area (Å²) in [4.78, 5) is 16.2. The maximum Gasteiger partial charge on any atom is 0.338 e. The Hall–Kier alpha value is -1.09. The summed E-state index contributed by atoms with van der Waals surface area (Å²) in [6.45, 7) is 6.68. The van der Waals surface area contributed by atoms with Crippen molar-refractivity contribution in [1.82, 2.24) is 4.98 Å². The number of aromatic nitrogens is 1. The van der Waals surface area contributed by atoms with Gasteiger partial charge in [0.25, 0.3) is 0 Å². The molecule has 0 radical (unpaired) electrons. The van der Waals surface area contributed by atoms with Gasteiger partial charge in [0.15, 0.2) is 0 Å². The Labute approximate surface area is 126 Å². The van der Waals surface area contributed by atoms with Crippen LogP contribution in [0.2, 0.25) is 5.15 Å². The average Bonchev–Trinajstić information content (AvgIpc) is 2.41. The molecule has 0 bridgehead atoms. The van der Waals surface area contributed by atoms with Crippen LogP contribution in [0.1, 0.15) is 74.8 Å². The Morgan fingerprint density at radius 1 is 1.25 bits per heavy atom. The number of nitrogens with zero attached hydrogens (tertiary/aromatic N) is 1. The number of hydrogen-bond donors (Lipinski definition) is 0. The number of carbonyl (C=O) groups excluding carboxylic acids is 1. The molecule has 0 aliphatic heterocycles. The summed E-state index contributed by atoms with van der Waals surface area (Å²) in [7, 11) is 0. The van der Waals surface area contributed by atoms with Crippen molar-refractivity contribution in [2.75, 3.05) is 6.61 Å². The molecule has 1 rings (SSSR count). The third kappa shape index (κ3) is 5.91. The fourth-order valence-electron chi connectivity index (χ4n) is 1.88. The van der Waals surface area contributed by atoms with E-state index in [4.69, 9.17) is 16.3 Å². The first kappa shape index (κ1) is 17.0. The van der Waals surface area contributed by atoms with Gasteiger partial charge in [0.2, 0.25) is 0 Å². The number of ether oxygens (including phenoxy) is 1. The van der Waals surface area contributed by atoms with Gasteiger partial charge in [0.1, 0.15) is 5.15 Å². The summed E-state index contributed by atoms with van der Waals surface area (Å²) in [5.74, 6) is -0.0824. The first-order valence-electron chi connectivity index (χ1n) is 7.39. The Morgan fingerprint density at radius 2 is 1.95 bits per heavy atom. The van der Waals surface area contributed by atoms with E-state index >= 15 is 0 Å². The van der Waals surface area contributed by atoms with Crippen molar-refractivity contribution in [3.05, 3.63) is 28.5 Å². The van der Waals surface area contributed by atoms with Crippen molar-refractivity contribution in [3.63, 3.8) is 0 Å². The fraction of sp³-hybridized carbons (Fsp3) is 0.625. The molecule has 112 valence electrons. The lowest BCUT2D eigenvalue weighted by molar-refractivity contribution is 0.0497. The van der Waals surface area contributed by atoms with E-state index < -0.39 is 0 Å². The molecular weight excluding hydrogens is 274 g/mol. The molecule has 1 aromatic rings. The normalized spacial score (nSPS) is 10.8. The van der Waals surface area contributed by atoms with E-state index in [-0.39, 0.29) is 11.9 Å². The van der Waals surface area contributed by atoms with Gasteiger partial charge in [-0.15, -0.1) is 0 Å². The van der Waals surface area contributed by atoms with Gasteiger partial charge in [-0.25, -0.2) is 9.78 Å². The van der Waals surface area contributed by atoms with Gasteiger partial charge in [-0.05, 0) is 24.5 Å². The molecule has 1 aromatic heterocycles. The zero-order chi connectivity index (χ0) is 15.0. The molecule has 0 fully saturated rings. The second kappa shape index (κ2) is 8.96. The second-order valence-electron chi connectivity index (χ2n) is 5.31. The van der Waals surface area contributed by atoms with Crippen LogP contribution in [-0.2, 0) is 4.74 Å². The van der Waals surface area contributed by atoms with Crippen LogP contribution < -0.4 is 0 Å². The number of carbonyl (C=O) groups is 1. The minimum absolute atomic E-state index is 0.231. The predicted octanol–water partition coefficient (Wildman–Crippen LogP) is 4.99. The van der Waals surface area contributed by atoms with Crippen LogP contribution in [0.25, 0.3) is 0 Å². The van der Waals surface area contributed by atoms with Crippen molar-refractivity contribution >= 4 is 17.6 Å². The smallest absolute Gasteiger partial charge is 0.338 e. The Bertz CT molecular complexity index is 432. The van der Waals surface area contributed by atoms with Gasteiger partial charge in [-0.1, -0.05) is 58.1 Å². The second-order valence-corrected chi connectivity index (χ2v) is 5.70. The number of unbranched alkanes of at least 4 members (excludes halogenated alkanes) is 4. The third-order valence-corrected chi connectivity index (χ3v) is 3.32. The maximum atomic E-state index is 12.0. The van der Waals surface area contributed by atoms with E-state index in [0.29, 0.717) is 17.3 Å². The summed E-state index contributed by atoms with van der Waals surface area (Å²) < 4.78 is 5.27. The largest absolute Gasteiger partial charge is 0.462 e. The van der Waals surface area contributed by atoms with Crippen molar-refractivity contribution in [1.29, 1.82) is 0 Å². The van der Waals surface area contributed by atoms with E-state index in [1.165, 1.54) is 19.3 Å². The van der Waals surface area contributed by atoms with Crippen LogP contribution in [0.15, 0.2) is 12.1 Å². The van der Waals surface area contributed by atoms with Crippen LogP contribution >= 0.6 is 11.6 Å². The zero-order valence-electron chi connectivity index (χ0n) is 12.6. The standard InChI is InChI=1S/C16H24ClNO2/c1-4-5-6-7-8-9-20-16(19)13-10-14(12(2)3)18-15(17)11-13/h10-12H,4-9H2,1-3H3. The van der Waals surface area contributed by atoms with Gasteiger partial charge in [0, 0.05) is 5.69 Å². The van der Waals surface area contributed by atoms with E-state index in [2.05, 4.69) is 11.9 Å². The zero-order valence-corrected chi connectivity index (χ0v) is 13.4. The molecular formula is C16H24ClNO2. The Kier molecular flexibility index (Phi) is 7.60. The molecule has 0 aliphatic rings. The molecule has 0 atom stereocenters. The van der Waals surface area contributed by atoms with Crippen LogP contribution in [0.4, 0.5) is 0 Å². The van der Waals surface area contributed by atoms with E-state index in [1.807, 2.05) is 13.8 Å². The molecule has 4 heteroatoms. The highest BCUT2D eigenvalue weighted by Crippen LogP contribution is 2.18. The van der Waals surface area contributed by atoms with E-state index in [9.17, 15) is 4.79 Å². The molecule has 0 saturated carbocycles. The Morgan fingerprint density at radius 3 is 2.60 bits per heavy atom. The minimum Gasteiger partial charge on any atom is -0.462 e. The van der Waals surface area contributed by atoms with Crippen LogP contribution in [0.3, 0.4) is 0 Å². The third-order valence-electron chi connectivity index (χ3n) is 3.12. The van der Waals surface area contributed by atoms with Crippen LogP contribution in [0, 0.1) is 0 Å². The molecule has 3 nitrogen and oxygen atoms in total. The first-order chi connectivity index (χ1) is 9.54. The topological polar surface area (TPSA) is 39.2 Å². The van der Waals surface area contributed by atoms with Crippen molar-refractivity contribution in [2.24, 2.45) is 0 Å². The lowest BCUT2D eigenvalue weighted by Gasteiger charge is -2.09. The van der Waals surface area contributed by atoms with Gasteiger partial charge >= 0.3 is 5.97 Å². The van der Waals surface area contributed by atoms with Crippen molar-refractivity contribution in [2.45, 2.75) is 58.8 Å². The summed E-state index contributed by atoms with van der Waals surface area (Å²) in [6.07, 6.45) is 5.68. The molecule has 1 heterocycles. The van der Waals surface area contributed by atoms with Gasteiger partial charge in [-0.2, -0.15) is 0 Å². The summed E-state index contributed by atoms with van der Waals surface area (Å²) >= 11 is 5.94. The number of rotatable bonds is 8. The monoisotopic (exact) mass is 297 g/mol. The predicted molar refractivity (Wildman–Crippen MR) is 82.4 cm³/mol. The van der Waals surface area contributed by atoms with Gasteiger partial charge < -0.3 is 4.74 Å². The quantitative estimate of drug-likeness (QED) is 0.386. The van der Waals surface area contributed by atoms with Crippen molar-refractivity contribution in [3.8, 4) is 0 Å². The lowest BCUT2D eigenvalue weighted by Crippen LogP contribution is -2.08. The number of halogens is 1. The highest BCUT2D eigenvalue weighted by atomic mass is 35.5. The maximum absolute atomic E-state index is 12.0. The van der Waals surface area contributed by atoms with Crippen LogP contribution in [0.5, 0.6) is 0 Å². The summed E-state index contributed by atoms with van der Waals surface area (Å²) in [6, 6.07) is 3.32. The number of hydrogen-bond acceptors (Lipinski definition) is 3. The van der Waals surface area contributed by atoms with Crippen molar-refractivity contribution < 1.29 is 9.53 Å². The average molecular weight is 298 g/mol. The van der Waals surface area contributed by atoms with Crippen LogP contribution in [-0.4, -0.2) is 17.6 Å². The van der Waals surface area contributed by atoms with E-state index in [1.54, 1.807) is 12.1 Å². The summed E-state index contributed by atoms with van der Waals surface area (Å²) in [5.41, 5.74) is 1.30. The highest BCUT2D eigenvalue weighted by Gasteiger charge is 2.12. The first-order valence-corrected chi connectivity index (χ1v) is 7.77. The highest BCUT2D eigenvalue weighted by molar-refractivity contribution is 6.29. The fourth-order valence-corrected chi connectivity index (χ4v) is 2.10. The van der Waals surface area contributed by atoms with Gasteiger partial charge in [0.05, 0.1) is 12.2 Å². The minimum atomic E-state index is -0.313. The molecule has 0 spiro atoms. The lowest BCUT2D eigenvalue weighted by atomic mass is 10.1. The SMILES string of the molecule is CCCCCCCOC(=O)c1cc(Cl)nc(C(C)C)c1. The molecule has 0 aromatic carbocycles. The summed E-state index contributed by atoms with van der Waals surface area (Å²) in [5, 5.41) is 0.339. The molecule has 0 aliphatic carbocycles. The molecule has 0 unspecified atom stereocenters. The van der Waals surface area contributed by atoms with Gasteiger partial charge in [-0.3, -0.25) is 0 Å². The molecule has 0 amide bonds. The molecule has 20 heavy (non-hydrogen) atoms. The molecule has 0 saturated heterocycles.